The topological polar surface area (TPSA) is 110 Å². The summed E-state index contributed by atoms with van der Waals surface area (Å²) >= 11 is 0. The third-order valence-electron chi connectivity index (χ3n) is 5.35. The van der Waals surface area contributed by atoms with Gasteiger partial charge in [0.1, 0.15) is 17.5 Å². The first-order chi connectivity index (χ1) is 14.4. The molecule has 2 aromatic heterocycles. The number of methoxy groups -OCH3 is 1. The fraction of sp³-hybridized carbons (Fsp3) is 0.174. The predicted molar refractivity (Wildman–Crippen MR) is 116 cm³/mol. The average molecular weight is 399 g/mol. The van der Waals surface area contributed by atoms with E-state index in [0.717, 1.165) is 11.3 Å². The lowest BCUT2D eigenvalue weighted by atomic mass is 9.96. The van der Waals surface area contributed by atoms with Crippen LogP contribution in [0.2, 0.25) is 0 Å². The summed E-state index contributed by atoms with van der Waals surface area (Å²) in [6.45, 7) is 5.93. The van der Waals surface area contributed by atoms with Crippen LogP contribution in [0.1, 0.15) is 22.4 Å². The van der Waals surface area contributed by atoms with Crippen LogP contribution in [0.5, 0.6) is 11.5 Å². The van der Waals surface area contributed by atoms with Crippen molar-refractivity contribution in [2.45, 2.75) is 20.8 Å². The lowest BCUT2D eigenvalue weighted by molar-refractivity contribution is 0.374. The highest BCUT2D eigenvalue weighted by Crippen LogP contribution is 2.43. The fourth-order valence-electron chi connectivity index (χ4n) is 3.64. The molecule has 4 rings (SSSR count). The van der Waals surface area contributed by atoms with Crippen molar-refractivity contribution in [3.63, 3.8) is 0 Å². The highest BCUT2D eigenvalue weighted by Gasteiger charge is 2.24. The van der Waals surface area contributed by atoms with Crippen LogP contribution >= 0.6 is 0 Å². The van der Waals surface area contributed by atoms with Crippen LogP contribution in [0.25, 0.3) is 27.8 Å². The Morgan fingerprint density at radius 1 is 1.13 bits per heavy atom. The smallest absolute Gasteiger partial charge is 0.166 e. The van der Waals surface area contributed by atoms with Crippen LogP contribution in [0.3, 0.4) is 0 Å². The minimum atomic E-state index is -0.0678. The fourth-order valence-corrected chi connectivity index (χ4v) is 3.64. The molecule has 0 amide bonds. The van der Waals surface area contributed by atoms with Gasteiger partial charge in [-0.2, -0.15) is 10.4 Å². The molecule has 150 valence electrons. The minimum absolute atomic E-state index is 0.0678. The van der Waals surface area contributed by atoms with E-state index in [1.165, 1.54) is 12.7 Å². The van der Waals surface area contributed by atoms with Crippen molar-refractivity contribution in [1.29, 1.82) is 5.26 Å². The molecule has 4 aromatic rings. The molecule has 0 saturated heterocycles. The Kier molecular flexibility index (Phi) is 4.55. The van der Waals surface area contributed by atoms with Crippen LogP contribution in [0, 0.1) is 32.1 Å². The van der Waals surface area contributed by atoms with E-state index in [1.807, 2.05) is 39.0 Å². The molecule has 0 fully saturated rings. The standard InChI is InChI=1S/C23H21N5O2/c1-12-8-9-15(10-13(12)2)28-23-19(14(3)27-28)20(17(11-24)22(25)26-23)16-6-5-7-18(30-4)21(16)29/h5-10,29H,1-4H3,(H2,25,26). The van der Waals surface area contributed by atoms with E-state index >= 15 is 0 Å². The van der Waals surface area contributed by atoms with E-state index in [-0.39, 0.29) is 17.1 Å². The van der Waals surface area contributed by atoms with Gasteiger partial charge in [0.25, 0.3) is 0 Å². The van der Waals surface area contributed by atoms with Crippen molar-refractivity contribution in [3.8, 4) is 34.4 Å². The third kappa shape index (κ3) is 2.81. The summed E-state index contributed by atoms with van der Waals surface area (Å²) in [5.41, 5.74) is 11.6. The van der Waals surface area contributed by atoms with Gasteiger partial charge in [-0.25, -0.2) is 9.67 Å². The summed E-state index contributed by atoms with van der Waals surface area (Å²) in [4.78, 5) is 4.50. The number of fused-ring (bicyclic) bond motifs is 1. The molecule has 2 aromatic carbocycles. The molecule has 0 bridgehead atoms. The van der Waals surface area contributed by atoms with Gasteiger partial charge >= 0.3 is 0 Å². The molecule has 0 unspecified atom stereocenters. The average Bonchev–Trinajstić information content (AvgIpc) is 3.05. The summed E-state index contributed by atoms with van der Waals surface area (Å²) in [6.07, 6.45) is 0. The van der Waals surface area contributed by atoms with E-state index in [9.17, 15) is 10.4 Å². The lowest BCUT2D eigenvalue weighted by Gasteiger charge is -2.13. The number of ether oxygens (including phenoxy) is 1. The zero-order valence-corrected chi connectivity index (χ0v) is 17.2. The summed E-state index contributed by atoms with van der Waals surface area (Å²) in [6, 6.07) is 13.3. The maximum absolute atomic E-state index is 10.8. The van der Waals surface area contributed by atoms with E-state index in [1.54, 1.807) is 22.9 Å². The maximum Gasteiger partial charge on any atom is 0.166 e. The molecule has 0 aliphatic carbocycles. The number of para-hydroxylation sites is 1. The van der Waals surface area contributed by atoms with E-state index < -0.39 is 0 Å². The first-order valence-electron chi connectivity index (χ1n) is 9.40. The van der Waals surface area contributed by atoms with E-state index in [2.05, 4.69) is 16.2 Å². The molecule has 0 aliphatic heterocycles. The Morgan fingerprint density at radius 3 is 2.57 bits per heavy atom. The van der Waals surface area contributed by atoms with Crippen molar-refractivity contribution in [1.82, 2.24) is 14.8 Å². The molecule has 0 atom stereocenters. The molecular formula is C23H21N5O2. The number of nitrogen functional groups attached to an aromatic ring is 1. The van der Waals surface area contributed by atoms with Gasteiger partial charge in [-0.3, -0.25) is 0 Å². The SMILES string of the molecule is COc1cccc(-c2c(C#N)c(N)nc3c2c(C)nn3-c2ccc(C)c(C)c2)c1O. The molecule has 0 aliphatic rings. The Balaban J connectivity index is 2.13. The van der Waals surface area contributed by atoms with Crippen molar-refractivity contribution in [2.75, 3.05) is 12.8 Å². The van der Waals surface area contributed by atoms with Gasteiger partial charge in [0.2, 0.25) is 0 Å². The second-order valence-corrected chi connectivity index (χ2v) is 7.18. The largest absolute Gasteiger partial charge is 0.504 e. The molecular weight excluding hydrogens is 378 g/mol. The zero-order chi connectivity index (χ0) is 21.6. The Hall–Kier alpha value is -4.05. The molecule has 30 heavy (non-hydrogen) atoms. The molecule has 7 nitrogen and oxygen atoms in total. The van der Waals surface area contributed by atoms with E-state index in [4.69, 9.17) is 10.5 Å². The normalized spacial score (nSPS) is 10.9. The van der Waals surface area contributed by atoms with Crippen LogP contribution in [0.15, 0.2) is 36.4 Å². The Bertz CT molecular complexity index is 1350. The van der Waals surface area contributed by atoms with Crippen LogP contribution in [-0.2, 0) is 0 Å². The highest BCUT2D eigenvalue weighted by atomic mass is 16.5. The Morgan fingerprint density at radius 2 is 1.90 bits per heavy atom. The molecule has 3 N–H and O–H groups in total. The van der Waals surface area contributed by atoms with Crippen molar-refractivity contribution >= 4 is 16.9 Å². The van der Waals surface area contributed by atoms with Crippen molar-refractivity contribution in [3.05, 3.63) is 58.8 Å². The van der Waals surface area contributed by atoms with Crippen LogP contribution < -0.4 is 10.5 Å². The number of hydrogen-bond acceptors (Lipinski definition) is 6. The quantitative estimate of drug-likeness (QED) is 0.535. The number of hydrogen-bond donors (Lipinski definition) is 2. The van der Waals surface area contributed by atoms with Gasteiger partial charge in [-0.05, 0) is 50.1 Å². The number of phenols is 1. The van der Waals surface area contributed by atoms with Gasteiger partial charge in [0, 0.05) is 11.1 Å². The number of pyridine rings is 1. The summed E-state index contributed by atoms with van der Waals surface area (Å²) in [7, 11) is 1.48. The number of rotatable bonds is 3. The first-order valence-corrected chi connectivity index (χ1v) is 9.40. The summed E-state index contributed by atoms with van der Waals surface area (Å²) < 4.78 is 6.97. The number of aromatic nitrogens is 3. The minimum Gasteiger partial charge on any atom is -0.504 e. The van der Waals surface area contributed by atoms with E-state index in [0.29, 0.717) is 33.6 Å². The number of aryl methyl sites for hydroxylation is 3. The number of anilines is 1. The van der Waals surface area contributed by atoms with Gasteiger partial charge in [0.05, 0.1) is 23.9 Å². The maximum atomic E-state index is 10.8. The molecule has 0 saturated carbocycles. The molecule has 0 spiro atoms. The van der Waals surface area contributed by atoms with Gasteiger partial charge in [-0.15, -0.1) is 0 Å². The van der Waals surface area contributed by atoms with Crippen LogP contribution in [-0.4, -0.2) is 27.0 Å². The van der Waals surface area contributed by atoms with Crippen molar-refractivity contribution < 1.29 is 9.84 Å². The number of nitrogens with two attached hydrogens (primary N) is 1. The Labute approximate surface area is 174 Å². The second kappa shape index (κ2) is 7.08. The first kappa shape index (κ1) is 19.3. The monoisotopic (exact) mass is 399 g/mol. The number of nitriles is 1. The lowest BCUT2D eigenvalue weighted by Crippen LogP contribution is -2.03. The van der Waals surface area contributed by atoms with Gasteiger partial charge in [0.15, 0.2) is 17.1 Å². The molecule has 0 radical (unpaired) electrons. The van der Waals surface area contributed by atoms with Crippen molar-refractivity contribution in [2.24, 2.45) is 0 Å². The summed E-state index contributed by atoms with van der Waals surface area (Å²) in [5, 5.41) is 25.9. The molecule has 2 heterocycles. The van der Waals surface area contributed by atoms with Gasteiger partial charge < -0.3 is 15.6 Å². The zero-order valence-electron chi connectivity index (χ0n) is 17.2. The number of aromatic hydroxyl groups is 1. The molecule has 7 heteroatoms. The number of benzene rings is 2. The second-order valence-electron chi connectivity index (χ2n) is 7.18. The van der Waals surface area contributed by atoms with Gasteiger partial charge in [-0.1, -0.05) is 18.2 Å². The predicted octanol–water partition coefficient (Wildman–Crippen LogP) is 4.18. The number of nitrogens with zero attached hydrogens (tertiary/aromatic N) is 4. The third-order valence-corrected chi connectivity index (χ3v) is 5.35. The van der Waals surface area contributed by atoms with Crippen LogP contribution in [0.4, 0.5) is 5.82 Å². The highest BCUT2D eigenvalue weighted by molar-refractivity contribution is 6.02. The summed E-state index contributed by atoms with van der Waals surface area (Å²) in [5.74, 6) is 0.313. The number of phenolic OH excluding ortho intramolecular Hbond substituents is 1.